The molecule has 1 aromatic rings. The van der Waals surface area contributed by atoms with Crippen LogP contribution in [0.25, 0.3) is 0 Å². The van der Waals surface area contributed by atoms with E-state index >= 15 is 0 Å². The van der Waals surface area contributed by atoms with Gasteiger partial charge in [-0.1, -0.05) is 27.5 Å². The number of benzene rings is 1. The number of rotatable bonds is 1. The molecule has 0 aromatic heterocycles. The summed E-state index contributed by atoms with van der Waals surface area (Å²) >= 11 is 9.53. The van der Waals surface area contributed by atoms with Gasteiger partial charge in [0.15, 0.2) is 0 Å². The highest BCUT2D eigenvalue weighted by Crippen LogP contribution is 2.31. The maximum atomic E-state index is 11.8. The maximum Gasteiger partial charge on any atom is 0.228 e. The van der Waals surface area contributed by atoms with E-state index in [1.807, 2.05) is 30.9 Å². The molecule has 0 spiro atoms. The van der Waals surface area contributed by atoms with Crippen LogP contribution in [0.1, 0.15) is 17.5 Å². The van der Waals surface area contributed by atoms with Crippen LogP contribution in [0.4, 0.5) is 5.69 Å². The summed E-state index contributed by atoms with van der Waals surface area (Å²) in [6, 6.07) is 3.90. The Hall–Kier alpha value is -0.540. The minimum absolute atomic E-state index is 0.173. The zero-order valence-corrected chi connectivity index (χ0v) is 11.6. The molecule has 1 unspecified atom stereocenters. The Morgan fingerprint density at radius 1 is 1.38 bits per heavy atom. The van der Waals surface area contributed by atoms with E-state index in [4.69, 9.17) is 11.6 Å². The molecule has 1 aromatic carbocycles. The molecular formula is C12H13BrClNO. The first kappa shape index (κ1) is 11.9. The third-order valence-corrected chi connectivity index (χ3v) is 3.87. The number of amides is 1. The third kappa shape index (κ3) is 2.11. The van der Waals surface area contributed by atoms with Crippen LogP contribution in [0.15, 0.2) is 12.1 Å². The molecule has 1 amide bonds. The molecule has 2 nitrogen and oxygen atoms in total. The number of alkyl halides is 1. The molecule has 86 valence electrons. The fourth-order valence-electron chi connectivity index (χ4n) is 1.95. The summed E-state index contributed by atoms with van der Waals surface area (Å²) in [5.74, 6) is 0.173. The summed E-state index contributed by atoms with van der Waals surface area (Å²) in [6.45, 7) is 4.67. The SMILES string of the molecule is Cc1cc(N2CC(Br)CC2=O)c(C)cc1Cl. The van der Waals surface area contributed by atoms with Gasteiger partial charge in [0.25, 0.3) is 0 Å². The van der Waals surface area contributed by atoms with Crippen molar-refractivity contribution in [2.45, 2.75) is 25.1 Å². The Bertz CT molecular complexity index is 447. The average molecular weight is 303 g/mol. The molecular weight excluding hydrogens is 289 g/mol. The zero-order valence-electron chi connectivity index (χ0n) is 9.26. The van der Waals surface area contributed by atoms with Crippen LogP contribution in [0, 0.1) is 13.8 Å². The van der Waals surface area contributed by atoms with E-state index in [0.717, 1.165) is 28.4 Å². The number of carbonyl (C=O) groups excluding carboxylic acids is 1. The fraction of sp³-hybridized carbons (Fsp3) is 0.417. The van der Waals surface area contributed by atoms with Crippen LogP contribution in [0.2, 0.25) is 5.02 Å². The molecule has 0 saturated carbocycles. The van der Waals surface area contributed by atoms with Crippen LogP contribution < -0.4 is 4.90 Å². The maximum absolute atomic E-state index is 11.8. The highest BCUT2D eigenvalue weighted by molar-refractivity contribution is 9.09. The summed E-state index contributed by atoms with van der Waals surface area (Å²) in [5.41, 5.74) is 3.03. The Morgan fingerprint density at radius 2 is 2.06 bits per heavy atom. The molecule has 1 aliphatic rings. The molecule has 0 N–H and O–H groups in total. The number of halogens is 2. The van der Waals surface area contributed by atoms with Crippen LogP contribution in [0.5, 0.6) is 0 Å². The predicted molar refractivity (Wildman–Crippen MR) is 70.6 cm³/mol. The molecule has 2 rings (SSSR count). The largest absolute Gasteiger partial charge is 0.311 e. The molecule has 16 heavy (non-hydrogen) atoms. The van der Waals surface area contributed by atoms with Gasteiger partial charge in [0.2, 0.25) is 5.91 Å². The molecule has 1 saturated heterocycles. The number of aryl methyl sites for hydroxylation is 2. The first-order valence-electron chi connectivity index (χ1n) is 5.20. The quantitative estimate of drug-likeness (QED) is 0.728. The van der Waals surface area contributed by atoms with Gasteiger partial charge in [-0.3, -0.25) is 4.79 Å². The zero-order chi connectivity index (χ0) is 11.9. The summed E-state index contributed by atoms with van der Waals surface area (Å²) in [6.07, 6.45) is 0.571. The van der Waals surface area contributed by atoms with Crippen molar-refractivity contribution in [2.24, 2.45) is 0 Å². The van der Waals surface area contributed by atoms with Gasteiger partial charge in [0.05, 0.1) is 0 Å². The fourth-order valence-corrected chi connectivity index (χ4v) is 2.74. The second kappa shape index (κ2) is 4.38. The Morgan fingerprint density at radius 3 is 2.62 bits per heavy atom. The second-order valence-corrected chi connectivity index (χ2v) is 5.90. The van der Waals surface area contributed by atoms with Crippen LogP contribution in [-0.2, 0) is 4.79 Å². The van der Waals surface area contributed by atoms with Crippen molar-refractivity contribution in [1.29, 1.82) is 0 Å². The molecule has 4 heteroatoms. The highest BCUT2D eigenvalue weighted by atomic mass is 79.9. The van der Waals surface area contributed by atoms with Crippen molar-refractivity contribution in [2.75, 3.05) is 11.4 Å². The Balaban J connectivity index is 2.41. The summed E-state index contributed by atoms with van der Waals surface area (Å²) in [4.78, 5) is 13.9. The van der Waals surface area contributed by atoms with Gasteiger partial charge < -0.3 is 4.90 Å². The highest BCUT2D eigenvalue weighted by Gasteiger charge is 2.29. The average Bonchev–Trinajstić information content (AvgIpc) is 2.51. The minimum Gasteiger partial charge on any atom is -0.311 e. The lowest BCUT2D eigenvalue weighted by molar-refractivity contribution is -0.117. The molecule has 1 aliphatic heterocycles. The standard InChI is InChI=1S/C12H13BrClNO/c1-7-4-11(8(2)3-10(7)14)15-6-9(13)5-12(15)16/h3-4,9H,5-6H2,1-2H3. The van der Waals surface area contributed by atoms with E-state index in [1.54, 1.807) is 0 Å². The number of anilines is 1. The molecule has 0 bridgehead atoms. The molecule has 1 heterocycles. The van der Waals surface area contributed by atoms with E-state index in [-0.39, 0.29) is 10.7 Å². The van der Waals surface area contributed by atoms with E-state index in [1.165, 1.54) is 0 Å². The predicted octanol–water partition coefficient (Wildman–Crippen LogP) is 3.46. The topological polar surface area (TPSA) is 20.3 Å². The van der Waals surface area contributed by atoms with Crippen molar-refractivity contribution in [1.82, 2.24) is 0 Å². The summed E-state index contributed by atoms with van der Waals surface area (Å²) in [7, 11) is 0. The molecule has 1 fully saturated rings. The summed E-state index contributed by atoms with van der Waals surface area (Å²) < 4.78 is 0. The monoisotopic (exact) mass is 301 g/mol. The van der Waals surface area contributed by atoms with Gasteiger partial charge >= 0.3 is 0 Å². The van der Waals surface area contributed by atoms with E-state index < -0.39 is 0 Å². The van der Waals surface area contributed by atoms with Gasteiger partial charge in [-0.05, 0) is 37.1 Å². The number of nitrogens with zero attached hydrogens (tertiary/aromatic N) is 1. The lowest BCUT2D eigenvalue weighted by Gasteiger charge is -2.19. The molecule has 0 aliphatic carbocycles. The number of carbonyl (C=O) groups is 1. The van der Waals surface area contributed by atoms with Crippen LogP contribution in [0.3, 0.4) is 0 Å². The lowest BCUT2D eigenvalue weighted by atomic mass is 10.1. The van der Waals surface area contributed by atoms with E-state index in [9.17, 15) is 4.79 Å². The van der Waals surface area contributed by atoms with Gasteiger partial charge in [0, 0.05) is 28.5 Å². The Kier molecular flexibility index (Phi) is 3.27. The third-order valence-electron chi connectivity index (χ3n) is 2.85. The first-order valence-corrected chi connectivity index (χ1v) is 6.49. The number of hydrogen-bond acceptors (Lipinski definition) is 1. The van der Waals surface area contributed by atoms with Gasteiger partial charge in [-0.15, -0.1) is 0 Å². The molecule has 1 atom stereocenters. The lowest BCUT2D eigenvalue weighted by Crippen LogP contribution is -2.25. The molecule has 0 radical (unpaired) electrons. The van der Waals surface area contributed by atoms with Crippen LogP contribution in [-0.4, -0.2) is 17.3 Å². The van der Waals surface area contributed by atoms with E-state index in [2.05, 4.69) is 15.9 Å². The van der Waals surface area contributed by atoms with Crippen molar-refractivity contribution < 1.29 is 4.79 Å². The normalized spacial score (nSPS) is 20.6. The van der Waals surface area contributed by atoms with Gasteiger partial charge in [-0.25, -0.2) is 0 Å². The van der Waals surface area contributed by atoms with Crippen molar-refractivity contribution >= 4 is 39.1 Å². The van der Waals surface area contributed by atoms with Crippen molar-refractivity contribution in [3.05, 3.63) is 28.3 Å². The van der Waals surface area contributed by atoms with Crippen molar-refractivity contribution in [3.8, 4) is 0 Å². The minimum atomic E-state index is 0.173. The van der Waals surface area contributed by atoms with E-state index in [0.29, 0.717) is 6.42 Å². The van der Waals surface area contributed by atoms with Gasteiger partial charge in [0.1, 0.15) is 0 Å². The Labute approximate surface area is 109 Å². The first-order chi connectivity index (χ1) is 7.49. The number of hydrogen-bond donors (Lipinski definition) is 0. The van der Waals surface area contributed by atoms with Crippen molar-refractivity contribution in [3.63, 3.8) is 0 Å². The van der Waals surface area contributed by atoms with Crippen LogP contribution >= 0.6 is 27.5 Å². The second-order valence-electron chi connectivity index (χ2n) is 4.19. The summed E-state index contributed by atoms with van der Waals surface area (Å²) in [5, 5.41) is 0.753. The smallest absolute Gasteiger partial charge is 0.228 e. The van der Waals surface area contributed by atoms with Gasteiger partial charge in [-0.2, -0.15) is 0 Å².